The Morgan fingerprint density at radius 2 is 2.05 bits per heavy atom. The van der Waals surface area contributed by atoms with Gasteiger partial charge in [0.05, 0.1) is 17.4 Å². The number of nitrogens with zero attached hydrogens (tertiary/aromatic N) is 4. The Labute approximate surface area is 125 Å². The zero-order chi connectivity index (χ0) is 14.7. The van der Waals surface area contributed by atoms with Crippen molar-refractivity contribution in [2.45, 2.75) is 0 Å². The quantitative estimate of drug-likeness (QED) is 0.754. The minimum absolute atomic E-state index is 0.267. The molecule has 0 aliphatic rings. The van der Waals surface area contributed by atoms with E-state index in [1.807, 2.05) is 0 Å². The Morgan fingerprint density at radius 1 is 1.14 bits per heavy atom. The lowest BCUT2D eigenvalue weighted by Gasteiger charge is -2.06. The van der Waals surface area contributed by atoms with E-state index in [9.17, 15) is 4.79 Å². The van der Waals surface area contributed by atoms with Crippen molar-refractivity contribution in [1.29, 1.82) is 0 Å². The first kappa shape index (κ1) is 13.3. The Kier molecular flexibility index (Phi) is 3.61. The zero-order valence-electron chi connectivity index (χ0n) is 10.8. The molecule has 1 amide bonds. The molecule has 0 bridgehead atoms. The monoisotopic (exact) mass is 299 g/mol. The smallest absolute Gasteiger partial charge is 0.257 e. The first-order valence-corrected chi connectivity index (χ1v) is 6.47. The number of carbonyl (C=O) groups excluding carboxylic acids is 1. The molecule has 0 fully saturated rings. The Hall–Kier alpha value is -2.73. The molecule has 3 rings (SSSR count). The molecule has 3 aromatic heterocycles. The average Bonchev–Trinajstić information content (AvgIpc) is 3.03. The fourth-order valence-electron chi connectivity index (χ4n) is 1.72. The number of anilines is 1. The number of rotatable bonds is 3. The third-order valence-corrected chi connectivity index (χ3v) is 2.99. The maximum atomic E-state index is 12.0. The van der Waals surface area contributed by atoms with Crippen LogP contribution in [0.4, 0.5) is 5.69 Å². The summed E-state index contributed by atoms with van der Waals surface area (Å²) < 4.78 is 1.77. The number of carbonyl (C=O) groups is 1. The predicted octanol–water partition coefficient (Wildman–Crippen LogP) is 2.57. The fourth-order valence-corrected chi connectivity index (χ4v) is 1.83. The molecule has 3 heterocycles. The van der Waals surface area contributed by atoms with Crippen molar-refractivity contribution < 1.29 is 4.79 Å². The maximum Gasteiger partial charge on any atom is 0.257 e. The van der Waals surface area contributed by atoms with Gasteiger partial charge in [0.25, 0.3) is 5.91 Å². The summed E-state index contributed by atoms with van der Waals surface area (Å²) in [6.45, 7) is 0. The van der Waals surface area contributed by atoms with Crippen molar-refractivity contribution in [3.63, 3.8) is 0 Å². The van der Waals surface area contributed by atoms with E-state index in [0.717, 1.165) is 5.82 Å². The molecule has 0 spiro atoms. The van der Waals surface area contributed by atoms with Gasteiger partial charge < -0.3 is 5.32 Å². The number of nitrogens with one attached hydrogen (secondary N) is 1. The summed E-state index contributed by atoms with van der Waals surface area (Å²) in [5.41, 5.74) is 1.02. The van der Waals surface area contributed by atoms with Gasteiger partial charge in [0, 0.05) is 18.6 Å². The van der Waals surface area contributed by atoms with Gasteiger partial charge in [0.2, 0.25) is 0 Å². The maximum absolute atomic E-state index is 12.0. The van der Waals surface area contributed by atoms with E-state index in [2.05, 4.69) is 20.3 Å². The van der Waals surface area contributed by atoms with Crippen molar-refractivity contribution in [2.75, 3.05) is 5.32 Å². The van der Waals surface area contributed by atoms with Crippen LogP contribution in [-0.4, -0.2) is 25.4 Å². The van der Waals surface area contributed by atoms with Crippen molar-refractivity contribution in [1.82, 2.24) is 19.5 Å². The lowest BCUT2D eigenvalue weighted by molar-refractivity contribution is 0.102. The van der Waals surface area contributed by atoms with Gasteiger partial charge in [-0.05, 0) is 24.3 Å². The lowest BCUT2D eigenvalue weighted by atomic mass is 10.2. The minimum Gasteiger partial charge on any atom is -0.321 e. The van der Waals surface area contributed by atoms with Gasteiger partial charge in [0.15, 0.2) is 0 Å². The number of hydrogen-bond acceptors (Lipinski definition) is 4. The number of hydrogen-bond donors (Lipinski definition) is 1. The fraction of sp³-hybridized carbons (Fsp3) is 0. The van der Waals surface area contributed by atoms with E-state index in [1.54, 1.807) is 53.8 Å². The number of pyridine rings is 2. The lowest BCUT2D eigenvalue weighted by Crippen LogP contribution is -2.12. The van der Waals surface area contributed by atoms with Gasteiger partial charge in [-0.25, -0.2) is 15.0 Å². The summed E-state index contributed by atoms with van der Waals surface area (Å²) in [6, 6.07) is 6.73. The molecule has 0 aliphatic carbocycles. The molecule has 0 aliphatic heterocycles. The van der Waals surface area contributed by atoms with E-state index in [4.69, 9.17) is 11.6 Å². The zero-order valence-corrected chi connectivity index (χ0v) is 11.5. The summed E-state index contributed by atoms with van der Waals surface area (Å²) in [7, 11) is 0. The van der Waals surface area contributed by atoms with Crippen LogP contribution in [0, 0.1) is 0 Å². The summed E-state index contributed by atoms with van der Waals surface area (Å²) in [5.74, 6) is 0.454. The average molecular weight is 300 g/mol. The number of halogens is 1. The van der Waals surface area contributed by atoms with Crippen molar-refractivity contribution in [3.05, 3.63) is 66.1 Å². The van der Waals surface area contributed by atoms with Gasteiger partial charge in [-0.1, -0.05) is 11.6 Å². The molecule has 0 saturated carbocycles. The van der Waals surface area contributed by atoms with E-state index < -0.39 is 0 Å². The molecule has 0 saturated heterocycles. The summed E-state index contributed by atoms with van der Waals surface area (Å²) in [5, 5.41) is 3.09. The van der Waals surface area contributed by atoms with Crippen molar-refractivity contribution in [3.8, 4) is 5.82 Å². The Morgan fingerprint density at radius 3 is 2.67 bits per heavy atom. The summed E-state index contributed by atoms with van der Waals surface area (Å²) in [6.07, 6.45) is 8.12. The molecule has 7 heteroatoms. The van der Waals surface area contributed by atoms with Crippen LogP contribution in [-0.2, 0) is 0 Å². The van der Waals surface area contributed by atoms with Gasteiger partial charge in [-0.2, -0.15) is 0 Å². The molecule has 0 radical (unpaired) electrons. The first-order chi connectivity index (χ1) is 10.2. The van der Waals surface area contributed by atoms with Crippen LogP contribution in [0.3, 0.4) is 0 Å². The van der Waals surface area contributed by atoms with Crippen LogP contribution in [0.5, 0.6) is 0 Å². The molecule has 0 aromatic carbocycles. The minimum atomic E-state index is -0.267. The van der Waals surface area contributed by atoms with E-state index in [1.165, 1.54) is 6.20 Å². The molecule has 6 nitrogen and oxygen atoms in total. The highest BCUT2D eigenvalue weighted by Gasteiger charge is 2.07. The Bertz CT molecular complexity index is 738. The van der Waals surface area contributed by atoms with Crippen LogP contribution in [0.25, 0.3) is 5.82 Å². The predicted molar refractivity (Wildman–Crippen MR) is 78.6 cm³/mol. The highest BCUT2D eigenvalue weighted by molar-refractivity contribution is 6.29. The van der Waals surface area contributed by atoms with Crippen LogP contribution in [0.2, 0.25) is 5.15 Å². The van der Waals surface area contributed by atoms with Gasteiger partial charge >= 0.3 is 0 Å². The number of imidazole rings is 1. The molecule has 3 aromatic rings. The molecule has 0 unspecified atom stereocenters. The second-order valence-corrected chi connectivity index (χ2v) is 4.59. The molecule has 21 heavy (non-hydrogen) atoms. The van der Waals surface area contributed by atoms with Crippen LogP contribution in [0.15, 0.2) is 55.4 Å². The van der Waals surface area contributed by atoms with Gasteiger partial charge in [0.1, 0.15) is 17.3 Å². The second-order valence-electron chi connectivity index (χ2n) is 4.20. The van der Waals surface area contributed by atoms with E-state index in [0.29, 0.717) is 16.4 Å². The van der Waals surface area contributed by atoms with Crippen molar-refractivity contribution in [2.24, 2.45) is 0 Å². The largest absolute Gasteiger partial charge is 0.321 e. The molecule has 0 atom stereocenters. The van der Waals surface area contributed by atoms with Crippen LogP contribution >= 0.6 is 11.6 Å². The molecular formula is C14H10ClN5O. The van der Waals surface area contributed by atoms with E-state index in [-0.39, 0.29) is 5.91 Å². The van der Waals surface area contributed by atoms with E-state index >= 15 is 0 Å². The SMILES string of the molecule is O=C(Nc1ccc(-n2ccnc2)nc1)c1ccc(Cl)nc1. The van der Waals surface area contributed by atoms with Crippen LogP contribution < -0.4 is 5.32 Å². The number of aromatic nitrogens is 4. The molecule has 104 valence electrons. The van der Waals surface area contributed by atoms with Gasteiger partial charge in [-0.15, -0.1) is 0 Å². The standard InChI is InChI=1S/C14H10ClN5O/c15-12-3-1-10(7-17-12)14(21)19-11-2-4-13(18-8-11)20-6-5-16-9-20/h1-9H,(H,19,21). The summed E-state index contributed by atoms with van der Waals surface area (Å²) >= 11 is 5.68. The third kappa shape index (κ3) is 3.06. The van der Waals surface area contributed by atoms with Gasteiger partial charge in [-0.3, -0.25) is 9.36 Å². The number of amides is 1. The molecular weight excluding hydrogens is 290 g/mol. The topological polar surface area (TPSA) is 72.7 Å². The summed E-state index contributed by atoms with van der Waals surface area (Å²) in [4.78, 5) is 24.1. The first-order valence-electron chi connectivity index (χ1n) is 6.10. The highest BCUT2D eigenvalue weighted by Crippen LogP contribution is 2.12. The highest BCUT2D eigenvalue weighted by atomic mass is 35.5. The van der Waals surface area contributed by atoms with Crippen molar-refractivity contribution >= 4 is 23.2 Å². The third-order valence-electron chi connectivity index (χ3n) is 2.76. The Balaban J connectivity index is 1.73. The van der Waals surface area contributed by atoms with Crippen LogP contribution in [0.1, 0.15) is 10.4 Å². The second kappa shape index (κ2) is 5.72. The normalized spacial score (nSPS) is 10.3. The molecule has 1 N–H and O–H groups in total.